The first kappa shape index (κ1) is 17.3. The van der Waals surface area contributed by atoms with Gasteiger partial charge in [-0.05, 0) is 50.2 Å². The Kier molecular flexibility index (Phi) is 5.64. The van der Waals surface area contributed by atoms with Crippen LogP contribution >= 0.6 is 23.2 Å². The summed E-state index contributed by atoms with van der Waals surface area (Å²) in [6, 6.07) is 11.3. The Labute approximate surface area is 143 Å². The molecule has 0 N–H and O–H groups in total. The Morgan fingerprint density at radius 2 is 1.70 bits per heavy atom. The molecule has 0 aliphatic rings. The first-order chi connectivity index (χ1) is 10.9. The molecule has 0 spiro atoms. The van der Waals surface area contributed by atoms with Crippen LogP contribution in [0.1, 0.15) is 24.2 Å². The molecule has 0 saturated heterocycles. The maximum atomic E-state index is 12.1. The van der Waals surface area contributed by atoms with Crippen molar-refractivity contribution in [1.82, 2.24) is 0 Å². The van der Waals surface area contributed by atoms with E-state index >= 15 is 0 Å². The summed E-state index contributed by atoms with van der Waals surface area (Å²) in [4.78, 5) is 23.3. The zero-order valence-electron chi connectivity index (χ0n) is 12.5. The van der Waals surface area contributed by atoms with Gasteiger partial charge in [0.1, 0.15) is 10.8 Å². The minimum absolute atomic E-state index is 0.0420. The normalized spacial score (nSPS) is 11.7. The van der Waals surface area contributed by atoms with E-state index in [9.17, 15) is 9.59 Å². The molecule has 2 aromatic rings. The number of ketones is 1. The molecule has 4 nitrogen and oxygen atoms in total. The third kappa shape index (κ3) is 4.47. The lowest BCUT2D eigenvalue weighted by molar-refractivity contribution is -0.141. The lowest BCUT2D eigenvalue weighted by atomic mass is 10.1. The fourth-order valence-corrected chi connectivity index (χ4v) is 2.11. The molecule has 2 aromatic carbocycles. The largest absolute Gasteiger partial charge is 0.479 e. The van der Waals surface area contributed by atoms with Crippen LogP contribution in [0.2, 0.25) is 10.0 Å². The van der Waals surface area contributed by atoms with Gasteiger partial charge >= 0.3 is 5.97 Å². The second-order valence-electron chi connectivity index (χ2n) is 4.81. The smallest absolute Gasteiger partial charge is 0.352 e. The molecule has 2 rings (SSSR count). The molecule has 0 saturated carbocycles. The number of Topliss-reactive ketones (excluding diaryl/α,β-unsaturated/α-hetero) is 1. The first-order valence-electron chi connectivity index (χ1n) is 6.82. The fraction of sp³-hybridized carbons (Fsp3) is 0.176. The average molecular weight is 353 g/mol. The van der Waals surface area contributed by atoms with Gasteiger partial charge in [-0.15, -0.1) is 0 Å². The minimum atomic E-state index is -0.853. The van der Waals surface area contributed by atoms with Gasteiger partial charge in [0, 0.05) is 5.56 Å². The van der Waals surface area contributed by atoms with Crippen LogP contribution in [0.25, 0.3) is 0 Å². The predicted molar refractivity (Wildman–Crippen MR) is 88.6 cm³/mol. The fourth-order valence-electron chi connectivity index (χ4n) is 1.77. The molecule has 120 valence electrons. The predicted octanol–water partition coefficient (Wildman–Crippen LogP) is 4.57. The third-order valence-corrected chi connectivity index (χ3v) is 3.83. The van der Waals surface area contributed by atoms with Gasteiger partial charge in [-0.2, -0.15) is 0 Å². The molecule has 0 aromatic heterocycles. The van der Waals surface area contributed by atoms with Crippen LogP contribution < -0.4 is 9.47 Å². The number of benzene rings is 2. The van der Waals surface area contributed by atoms with Crippen molar-refractivity contribution in [2.24, 2.45) is 0 Å². The van der Waals surface area contributed by atoms with Crippen LogP contribution in [-0.4, -0.2) is 17.9 Å². The Balaban J connectivity index is 2.02. The van der Waals surface area contributed by atoms with E-state index in [4.69, 9.17) is 32.7 Å². The van der Waals surface area contributed by atoms with E-state index in [0.29, 0.717) is 16.3 Å². The van der Waals surface area contributed by atoms with Gasteiger partial charge in [0.2, 0.25) is 0 Å². The first-order valence-corrected chi connectivity index (χ1v) is 7.57. The number of rotatable bonds is 5. The molecule has 0 unspecified atom stereocenters. The van der Waals surface area contributed by atoms with Crippen molar-refractivity contribution >= 4 is 35.0 Å². The number of esters is 1. The highest BCUT2D eigenvalue weighted by Gasteiger charge is 2.19. The topological polar surface area (TPSA) is 52.6 Å². The molecule has 0 heterocycles. The van der Waals surface area contributed by atoms with E-state index in [0.717, 1.165) is 0 Å². The molecule has 0 aliphatic heterocycles. The summed E-state index contributed by atoms with van der Waals surface area (Å²) in [5.74, 6) is -0.0207. The van der Waals surface area contributed by atoms with Gasteiger partial charge < -0.3 is 9.47 Å². The molecule has 23 heavy (non-hydrogen) atoms. The zero-order valence-corrected chi connectivity index (χ0v) is 14.0. The van der Waals surface area contributed by atoms with Crippen molar-refractivity contribution in [3.63, 3.8) is 0 Å². The van der Waals surface area contributed by atoms with Crippen LogP contribution in [0.15, 0.2) is 42.5 Å². The van der Waals surface area contributed by atoms with Gasteiger partial charge in [-0.1, -0.05) is 29.3 Å². The monoisotopic (exact) mass is 352 g/mol. The third-order valence-electron chi connectivity index (χ3n) is 3.03. The van der Waals surface area contributed by atoms with E-state index in [-0.39, 0.29) is 16.6 Å². The average Bonchev–Trinajstić information content (AvgIpc) is 2.52. The SMILES string of the molecule is CC(=O)c1ccc(O[C@H](C)C(=O)Oc2cccc(Cl)c2Cl)cc1. The Morgan fingerprint density at radius 3 is 2.30 bits per heavy atom. The van der Waals surface area contributed by atoms with Crippen molar-refractivity contribution in [1.29, 1.82) is 0 Å². The lowest BCUT2D eigenvalue weighted by Gasteiger charge is -2.14. The van der Waals surface area contributed by atoms with Crippen molar-refractivity contribution in [2.75, 3.05) is 0 Å². The lowest BCUT2D eigenvalue weighted by Crippen LogP contribution is -2.28. The number of hydrogen-bond donors (Lipinski definition) is 0. The molecule has 0 aliphatic carbocycles. The molecular formula is C17H14Cl2O4. The Bertz CT molecular complexity index is 726. The summed E-state index contributed by atoms with van der Waals surface area (Å²) < 4.78 is 10.7. The Hall–Kier alpha value is -2.04. The van der Waals surface area contributed by atoms with Crippen molar-refractivity contribution < 1.29 is 19.1 Å². The summed E-state index contributed by atoms with van der Waals surface area (Å²) in [6.07, 6.45) is -0.853. The van der Waals surface area contributed by atoms with Crippen molar-refractivity contribution in [2.45, 2.75) is 20.0 Å². The van der Waals surface area contributed by atoms with Gasteiger partial charge in [0.15, 0.2) is 17.6 Å². The van der Waals surface area contributed by atoms with E-state index in [2.05, 4.69) is 0 Å². The highest BCUT2D eigenvalue weighted by atomic mass is 35.5. The number of ether oxygens (including phenoxy) is 2. The number of carbonyl (C=O) groups is 2. The van der Waals surface area contributed by atoms with E-state index in [1.165, 1.54) is 6.92 Å². The highest BCUT2D eigenvalue weighted by Crippen LogP contribution is 2.31. The number of hydrogen-bond acceptors (Lipinski definition) is 4. The highest BCUT2D eigenvalue weighted by molar-refractivity contribution is 6.43. The van der Waals surface area contributed by atoms with E-state index in [1.807, 2.05) is 0 Å². The summed E-state index contributed by atoms with van der Waals surface area (Å²) in [7, 11) is 0. The summed E-state index contributed by atoms with van der Waals surface area (Å²) in [6.45, 7) is 3.03. The van der Waals surface area contributed by atoms with Crippen molar-refractivity contribution in [3.8, 4) is 11.5 Å². The summed E-state index contributed by atoms with van der Waals surface area (Å²) in [5.41, 5.74) is 0.568. The Morgan fingerprint density at radius 1 is 1.04 bits per heavy atom. The van der Waals surface area contributed by atoms with E-state index in [1.54, 1.807) is 49.4 Å². The summed E-state index contributed by atoms with van der Waals surface area (Å²) >= 11 is 11.8. The molecule has 0 fully saturated rings. The van der Waals surface area contributed by atoms with Crippen LogP contribution in [0, 0.1) is 0 Å². The molecule has 6 heteroatoms. The minimum Gasteiger partial charge on any atom is -0.479 e. The van der Waals surface area contributed by atoms with Gasteiger partial charge in [-0.3, -0.25) is 4.79 Å². The maximum Gasteiger partial charge on any atom is 0.352 e. The second-order valence-corrected chi connectivity index (χ2v) is 5.60. The van der Waals surface area contributed by atoms with Crippen molar-refractivity contribution in [3.05, 3.63) is 58.1 Å². The second kappa shape index (κ2) is 7.49. The summed E-state index contributed by atoms with van der Waals surface area (Å²) in [5, 5.41) is 0.464. The van der Waals surface area contributed by atoms with Crippen LogP contribution in [0.3, 0.4) is 0 Å². The molecular weight excluding hydrogens is 339 g/mol. The number of carbonyl (C=O) groups excluding carboxylic acids is 2. The van der Waals surface area contributed by atoms with Crippen LogP contribution in [0.4, 0.5) is 0 Å². The van der Waals surface area contributed by atoms with Gasteiger partial charge in [0.05, 0.1) is 5.02 Å². The van der Waals surface area contributed by atoms with Gasteiger partial charge in [-0.25, -0.2) is 4.79 Å². The zero-order chi connectivity index (χ0) is 17.0. The van der Waals surface area contributed by atoms with Gasteiger partial charge in [0.25, 0.3) is 0 Å². The quantitative estimate of drug-likeness (QED) is 0.449. The van der Waals surface area contributed by atoms with Crippen LogP contribution in [0.5, 0.6) is 11.5 Å². The maximum absolute atomic E-state index is 12.1. The standard InChI is InChI=1S/C17H14Cl2O4/c1-10(20)12-6-8-13(9-7-12)22-11(2)17(21)23-15-5-3-4-14(18)16(15)19/h3-9,11H,1-2H3/t11-/m1/s1. The molecule has 0 bridgehead atoms. The molecule has 1 atom stereocenters. The molecule has 0 radical (unpaired) electrons. The number of halogens is 2. The van der Waals surface area contributed by atoms with E-state index < -0.39 is 12.1 Å². The van der Waals surface area contributed by atoms with Crippen LogP contribution in [-0.2, 0) is 4.79 Å². The molecule has 0 amide bonds.